The van der Waals surface area contributed by atoms with Crippen LogP contribution < -0.4 is 10.2 Å². The Balaban J connectivity index is 1.26. The lowest BCUT2D eigenvalue weighted by molar-refractivity contribution is -0.121. The van der Waals surface area contributed by atoms with Crippen LogP contribution in [-0.4, -0.2) is 80.8 Å². The zero-order valence-corrected chi connectivity index (χ0v) is 19.4. The van der Waals surface area contributed by atoms with E-state index >= 15 is 0 Å². The third-order valence-electron chi connectivity index (χ3n) is 7.38. The van der Waals surface area contributed by atoms with E-state index in [1.54, 1.807) is 0 Å². The largest absolute Gasteiger partial charge is 0.378 e. The van der Waals surface area contributed by atoms with Crippen molar-refractivity contribution in [2.45, 2.75) is 45.6 Å². The van der Waals surface area contributed by atoms with Crippen molar-refractivity contribution in [3.63, 3.8) is 0 Å². The van der Waals surface area contributed by atoms with Crippen molar-refractivity contribution in [2.75, 3.05) is 69.2 Å². The number of piperidine rings is 2. The minimum atomic E-state index is -0.0944. The summed E-state index contributed by atoms with van der Waals surface area (Å²) in [6.45, 7) is 13.6. The molecule has 3 aliphatic heterocycles. The summed E-state index contributed by atoms with van der Waals surface area (Å²) >= 11 is 0. The second-order valence-corrected chi connectivity index (χ2v) is 9.80. The van der Waals surface area contributed by atoms with Gasteiger partial charge in [-0.05, 0) is 88.3 Å². The Morgan fingerprint density at radius 1 is 1.06 bits per heavy atom. The summed E-state index contributed by atoms with van der Waals surface area (Å²) < 4.78 is 5.43. The second kappa shape index (κ2) is 10.8. The zero-order chi connectivity index (χ0) is 21.6. The molecule has 31 heavy (non-hydrogen) atoms. The molecule has 0 saturated carbocycles. The van der Waals surface area contributed by atoms with Crippen LogP contribution in [0.5, 0.6) is 0 Å². The molecule has 1 aromatic carbocycles. The zero-order valence-electron chi connectivity index (χ0n) is 19.4. The molecule has 0 spiro atoms. The maximum absolute atomic E-state index is 12.9. The van der Waals surface area contributed by atoms with Gasteiger partial charge in [0.15, 0.2) is 0 Å². The molecule has 1 amide bonds. The summed E-state index contributed by atoms with van der Waals surface area (Å²) in [5.74, 6) is 1.67. The van der Waals surface area contributed by atoms with Crippen LogP contribution in [0.25, 0.3) is 0 Å². The molecular weight excluding hydrogens is 388 g/mol. The van der Waals surface area contributed by atoms with Gasteiger partial charge in [0.1, 0.15) is 0 Å². The van der Waals surface area contributed by atoms with Crippen molar-refractivity contribution in [1.82, 2.24) is 9.80 Å². The minimum Gasteiger partial charge on any atom is -0.378 e. The van der Waals surface area contributed by atoms with Crippen molar-refractivity contribution in [2.24, 2.45) is 11.8 Å². The van der Waals surface area contributed by atoms with E-state index in [-0.39, 0.29) is 11.9 Å². The van der Waals surface area contributed by atoms with Crippen molar-refractivity contribution >= 4 is 17.3 Å². The number of nitrogens with zero attached hydrogens (tertiary/aromatic N) is 3. The maximum Gasteiger partial charge on any atom is 0.241 e. The average Bonchev–Trinajstić information content (AvgIpc) is 2.81. The normalized spacial score (nSPS) is 25.4. The highest BCUT2D eigenvalue weighted by Crippen LogP contribution is 2.24. The lowest BCUT2D eigenvalue weighted by atomic mass is 9.93. The van der Waals surface area contributed by atoms with Gasteiger partial charge in [-0.15, -0.1) is 0 Å². The number of carbonyl (C=O) groups excluding carboxylic acids is 1. The number of nitrogens with one attached hydrogen (secondary N) is 1. The van der Waals surface area contributed by atoms with E-state index in [0.717, 1.165) is 51.0 Å². The average molecular weight is 429 g/mol. The Morgan fingerprint density at radius 2 is 1.77 bits per heavy atom. The summed E-state index contributed by atoms with van der Waals surface area (Å²) in [7, 11) is 0. The molecule has 0 bridgehead atoms. The molecule has 6 nitrogen and oxygen atoms in total. The van der Waals surface area contributed by atoms with E-state index < -0.39 is 0 Å². The highest BCUT2D eigenvalue weighted by Gasteiger charge is 2.29. The Kier molecular flexibility index (Phi) is 7.86. The number of likely N-dealkylation sites (tertiary alicyclic amines) is 2. The molecule has 3 aliphatic rings. The van der Waals surface area contributed by atoms with E-state index in [9.17, 15) is 4.79 Å². The van der Waals surface area contributed by atoms with E-state index in [0.29, 0.717) is 5.92 Å². The van der Waals surface area contributed by atoms with Crippen LogP contribution >= 0.6 is 0 Å². The van der Waals surface area contributed by atoms with Gasteiger partial charge in [-0.1, -0.05) is 6.92 Å². The van der Waals surface area contributed by atoms with E-state index in [1.165, 1.54) is 51.0 Å². The Bertz CT molecular complexity index is 696. The predicted molar refractivity (Wildman–Crippen MR) is 127 cm³/mol. The van der Waals surface area contributed by atoms with Gasteiger partial charge >= 0.3 is 0 Å². The number of anilines is 2. The minimum absolute atomic E-state index is 0.0944. The molecule has 0 radical (unpaired) electrons. The molecule has 0 aliphatic carbocycles. The quantitative estimate of drug-likeness (QED) is 0.753. The van der Waals surface area contributed by atoms with Crippen LogP contribution in [0.15, 0.2) is 24.3 Å². The van der Waals surface area contributed by atoms with Gasteiger partial charge < -0.3 is 19.9 Å². The Labute approximate surface area is 187 Å². The topological polar surface area (TPSA) is 48.0 Å². The standard InChI is InChI=1S/C25H40N4O2/c1-20-9-12-27(13-10-20)18-22-4-3-11-29(19-22)21(2)25(30)26-23-5-7-24(8-6-23)28-14-16-31-17-15-28/h5-8,20-22H,3-4,9-19H2,1-2H3,(H,26,30). The van der Waals surface area contributed by atoms with Crippen molar-refractivity contribution < 1.29 is 9.53 Å². The summed E-state index contributed by atoms with van der Waals surface area (Å²) in [5.41, 5.74) is 2.07. The number of hydrogen-bond donors (Lipinski definition) is 1. The molecule has 2 unspecified atom stereocenters. The highest BCUT2D eigenvalue weighted by molar-refractivity contribution is 5.94. The number of ether oxygens (including phenoxy) is 1. The first-order valence-electron chi connectivity index (χ1n) is 12.3. The lowest BCUT2D eigenvalue weighted by Crippen LogP contribution is -2.49. The Hall–Kier alpha value is -1.63. The Morgan fingerprint density at radius 3 is 2.48 bits per heavy atom. The smallest absolute Gasteiger partial charge is 0.241 e. The third kappa shape index (κ3) is 6.21. The summed E-state index contributed by atoms with van der Waals surface area (Å²) in [4.78, 5) is 20.3. The van der Waals surface area contributed by atoms with E-state index in [2.05, 4.69) is 46.0 Å². The van der Waals surface area contributed by atoms with E-state index in [1.807, 2.05) is 12.1 Å². The molecule has 3 heterocycles. The fourth-order valence-corrected chi connectivity index (χ4v) is 5.20. The van der Waals surface area contributed by atoms with Crippen molar-refractivity contribution in [3.05, 3.63) is 24.3 Å². The lowest BCUT2D eigenvalue weighted by Gasteiger charge is -2.39. The van der Waals surface area contributed by atoms with Crippen LogP contribution in [-0.2, 0) is 9.53 Å². The molecule has 4 rings (SSSR count). The fourth-order valence-electron chi connectivity index (χ4n) is 5.20. The third-order valence-corrected chi connectivity index (χ3v) is 7.38. The maximum atomic E-state index is 12.9. The SMILES string of the molecule is CC1CCN(CC2CCCN(C(C)C(=O)Nc3ccc(N4CCOCC4)cc3)C2)CC1. The van der Waals surface area contributed by atoms with Crippen molar-refractivity contribution in [3.8, 4) is 0 Å². The van der Waals surface area contributed by atoms with Gasteiger partial charge in [0.2, 0.25) is 5.91 Å². The fraction of sp³-hybridized carbons (Fsp3) is 0.720. The molecule has 3 fully saturated rings. The second-order valence-electron chi connectivity index (χ2n) is 9.80. The number of carbonyl (C=O) groups is 1. The summed E-state index contributed by atoms with van der Waals surface area (Å²) in [6, 6.07) is 8.14. The monoisotopic (exact) mass is 428 g/mol. The number of morpholine rings is 1. The molecule has 172 valence electrons. The molecule has 1 aromatic rings. The summed E-state index contributed by atoms with van der Waals surface area (Å²) in [6.07, 6.45) is 5.15. The molecular formula is C25H40N4O2. The van der Waals surface area contributed by atoms with Gasteiger partial charge in [-0.2, -0.15) is 0 Å². The van der Waals surface area contributed by atoms with Gasteiger partial charge in [0, 0.05) is 37.6 Å². The van der Waals surface area contributed by atoms with Gasteiger partial charge in [-0.25, -0.2) is 0 Å². The predicted octanol–water partition coefficient (Wildman–Crippen LogP) is 3.29. The highest BCUT2D eigenvalue weighted by atomic mass is 16.5. The van der Waals surface area contributed by atoms with Crippen LogP contribution in [0.1, 0.15) is 39.5 Å². The molecule has 3 saturated heterocycles. The van der Waals surface area contributed by atoms with Gasteiger partial charge in [0.25, 0.3) is 0 Å². The first-order valence-corrected chi connectivity index (χ1v) is 12.3. The van der Waals surface area contributed by atoms with E-state index in [4.69, 9.17) is 4.74 Å². The molecule has 1 N–H and O–H groups in total. The first kappa shape index (κ1) is 22.6. The number of rotatable bonds is 6. The first-order chi connectivity index (χ1) is 15.1. The molecule has 2 atom stereocenters. The molecule has 0 aromatic heterocycles. The molecule has 6 heteroatoms. The van der Waals surface area contributed by atoms with Crippen LogP contribution in [0, 0.1) is 11.8 Å². The van der Waals surface area contributed by atoms with Gasteiger partial charge in [0.05, 0.1) is 19.3 Å². The van der Waals surface area contributed by atoms with Gasteiger partial charge in [-0.3, -0.25) is 9.69 Å². The van der Waals surface area contributed by atoms with Crippen molar-refractivity contribution in [1.29, 1.82) is 0 Å². The number of hydrogen-bond acceptors (Lipinski definition) is 5. The number of benzene rings is 1. The van der Waals surface area contributed by atoms with Crippen LogP contribution in [0.3, 0.4) is 0 Å². The van der Waals surface area contributed by atoms with Crippen LogP contribution in [0.2, 0.25) is 0 Å². The summed E-state index contributed by atoms with van der Waals surface area (Å²) in [5, 5.41) is 3.14. The number of amides is 1. The van der Waals surface area contributed by atoms with Crippen LogP contribution in [0.4, 0.5) is 11.4 Å².